The molecule has 0 spiro atoms. The van der Waals surface area contributed by atoms with Crippen LogP contribution in [0.25, 0.3) is 23.3 Å². The largest absolute Gasteiger partial charge is 1.00 e. The van der Waals surface area contributed by atoms with E-state index < -0.39 is 99.9 Å². The topological polar surface area (TPSA) is 356 Å². The van der Waals surface area contributed by atoms with Crippen molar-refractivity contribution in [1.82, 2.24) is 0 Å². The van der Waals surface area contributed by atoms with Gasteiger partial charge in [0.15, 0.2) is 0 Å². The number of nitrogens with two attached hydrogens (primary N) is 1. The van der Waals surface area contributed by atoms with Crippen molar-refractivity contribution in [3.8, 4) is 22.6 Å². The van der Waals surface area contributed by atoms with E-state index in [1.807, 2.05) is 0 Å². The summed E-state index contributed by atoms with van der Waals surface area (Å²) in [5.74, 6) is -2.30. The first-order valence-corrected chi connectivity index (χ1v) is 21.5. The Kier molecular flexibility index (Phi) is 19.4. The molecule has 0 bridgehead atoms. The number of hydrazone groups is 2. The van der Waals surface area contributed by atoms with Crippen LogP contribution in [0.2, 0.25) is 0 Å². The fraction of sp³-hybridized carbons (Fsp3) is 0.0588. The quantitative estimate of drug-likeness (QED) is 0.0544. The van der Waals surface area contributed by atoms with Crippen molar-refractivity contribution in [1.29, 1.82) is 0 Å². The standard InChI is InChI=1S/C34H27N5O16S4.4Na/c1-54-26-11-16(3-7-24(26)36-38-31-22-6-5-20(56(42,43)44)9-18(22)13-29(33(31)40)59(51,52)53)17-4-8-25(27(12-17)55-2)37-39-32-28(58(48,49)50)14-19-10-21(57(45,46)47)15-23(35)30(19)34(32)41;;;;/h3-15,36-37H,35H2,1-2H3,(H,42,43,44)(H,45,46,47)(H,48,49,50)(H,51,52,53);;;;/q;4*+1/p-4/b38-31+,39-32+;;;;. The van der Waals surface area contributed by atoms with Crippen molar-refractivity contribution < 1.29 is 189 Å². The number of rotatable bonds is 11. The molecule has 0 heterocycles. The van der Waals surface area contributed by atoms with E-state index in [-0.39, 0.29) is 152 Å². The molecule has 4 aromatic carbocycles. The number of ketones is 2. The summed E-state index contributed by atoms with van der Waals surface area (Å²) in [6.45, 7) is 0. The number of hydrogen-bond donors (Lipinski definition) is 3. The van der Waals surface area contributed by atoms with Crippen LogP contribution in [0.4, 0.5) is 17.1 Å². The predicted octanol–water partition coefficient (Wildman–Crippen LogP) is -10.4. The molecule has 0 saturated carbocycles. The first-order valence-electron chi connectivity index (χ1n) is 15.9. The summed E-state index contributed by atoms with van der Waals surface area (Å²) in [7, 11) is -18.3. The number of hydrogen-bond acceptors (Lipinski definition) is 21. The minimum absolute atomic E-state index is 0. The second-order valence-corrected chi connectivity index (χ2v) is 17.6. The summed E-state index contributed by atoms with van der Waals surface area (Å²) in [6, 6.07) is 13.0. The van der Waals surface area contributed by atoms with Gasteiger partial charge in [-0.25, -0.2) is 33.7 Å². The van der Waals surface area contributed by atoms with Gasteiger partial charge < -0.3 is 33.4 Å². The van der Waals surface area contributed by atoms with Gasteiger partial charge in [0.05, 0.1) is 45.9 Å². The number of Topliss-reactive ketones (excluding diaryl/α,β-unsaturated/α-hetero) is 2. The number of carbonyl (C=O) groups is 2. The van der Waals surface area contributed by atoms with Gasteiger partial charge in [0, 0.05) is 11.3 Å². The summed E-state index contributed by atoms with van der Waals surface area (Å²) in [5.41, 5.74) is 8.81. The zero-order chi connectivity index (χ0) is 43.4. The molecule has 0 aliphatic heterocycles. The number of fused-ring (bicyclic) bond motifs is 2. The van der Waals surface area contributed by atoms with Crippen LogP contribution in [-0.4, -0.2) is 89.1 Å². The molecular formula is C34H23N5Na4O16S4. The second kappa shape index (κ2) is 21.5. The maximum Gasteiger partial charge on any atom is 1.00 e. The van der Waals surface area contributed by atoms with Crippen LogP contribution in [-0.2, 0) is 45.3 Å². The minimum atomic E-state index is -5.42. The van der Waals surface area contributed by atoms with Gasteiger partial charge in [0.2, 0.25) is 11.6 Å². The van der Waals surface area contributed by atoms with Gasteiger partial charge in [-0.2, -0.15) is 10.2 Å². The number of nitrogen functional groups attached to an aromatic ring is 1. The Morgan fingerprint density at radius 1 is 0.540 bits per heavy atom. The molecule has 2 aliphatic rings. The molecular weight excluding hydrogens is 955 g/mol. The van der Waals surface area contributed by atoms with E-state index in [2.05, 4.69) is 21.1 Å². The van der Waals surface area contributed by atoms with Crippen molar-refractivity contribution in [3.05, 3.63) is 98.8 Å². The van der Waals surface area contributed by atoms with Crippen molar-refractivity contribution in [2.75, 3.05) is 30.8 Å². The molecule has 21 nitrogen and oxygen atoms in total. The van der Waals surface area contributed by atoms with Crippen LogP contribution in [0, 0.1) is 0 Å². The van der Waals surface area contributed by atoms with Gasteiger partial charge in [-0.15, -0.1) is 0 Å². The van der Waals surface area contributed by atoms with Crippen molar-refractivity contribution in [2.45, 2.75) is 9.79 Å². The molecule has 2 aliphatic carbocycles. The normalized spacial score (nSPS) is 14.9. The van der Waals surface area contributed by atoms with E-state index in [1.165, 1.54) is 44.6 Å². The fourth-order valence-corrected chi connectivity index (χ4v) is 8.14. The van der Waals surface area contributed by atoms with Crippen LogP contribution in [0.5, 0.6) is 11.5 Å². The molecule has 0 fully saturated rings. The molecule has 0 amide bonds. The zero-order valence-corrected chi connectivity index (χ0v) is 44.9. The number of benzene rings is 4. The molecule has 4 aromatic rings. The third-order valence-corrected chi connectivity index (χ3v) is 11.9. The third kappa shape index (κ3) is 12.4. The average Bonchev–Trinajstić information content (AvgIpc) is 3.14. The number of methoxy groups -OCH3 is 2. The van der Waals surface area contributed by atoms with Crippen molar-refractivity contribution in [3.63, 3.8) is 0 Å². The first kappa shape index (κ1) is 56.8. The smallest absolute Gasteiger partial charge is 0.744 e. The second-order valence-electron chi connectivity index (χ2n) is 12.2. The van der Waals surface area contributed by atoms with Crippen LogP contribution >= 0.6 is 0 Å². The Morgan fingerprint density at radius 2 is 1.00 bits per heavy atom. The number of ether oxygens (including phenoxy) is 2. The summed E-state index contributed by atoms with van der Waals surface area (Å²) in [6.07, 6.45) is 1.31. The Balaban J connectivity index is 0.00000341. The van der Waals surface area contributed by atoms with Crippen LogP contribution < -0.4 is 144 Å². The summed E-state index contributed by atoms with van der Waals surface area (Å²) in [5, 5.41) is 7.84. The maximum atomic E-state index is 13.4. The van der Waals surface area contributed by atoms with Gasteiger partial charge in [0.1, 0.15) is 68.3 Å². The minimum Gasteiger partial charge on any atom is -0.744 e. The Bertz CT molecular complexity index is 3140. The SMILES string of the molecule is COc1cc(-c2ccc(N/N=C3/C(=O)C(S(=O)(=O)[O-])=Cc4cc(S(=O)(=O)[O-])ccc43)c(OC)c2)ccc1N/N=C1/C(=O)c2c(N)cc(S(=O)(=O)[O-])cc2C=C1S(=O)(=O)[O-].[Na+].[Na+].[Na+].[Na+]. The molecule has 308 valence electrons. The van der Waals surface area contributed by atoms with E-state index >= 15 is 0 Å². The van der Waals surface area contributed by atoms with Gasteiger partial charge in [-0.05, 0) is 82.9 Å². The number of allylic oxidation sites excluding steroid dienone is 2. The third-order valence-electron chi connectivity index (χ3n) is 8.57. The average molecular weight is 978 g/mol. The van der Waals surface area contributed by atoms with Crippen LogP contribution in [0.15, 0.2) is 96.5 Å². The number of carbonyl (C=O) groups excluding carboxylic acids is 2. The molecule has 4 N–H and O–H groups in total. The molecule has 0 unspecified atom stereocenters. The first-order chi connectivity index (χ1) is 27.4. The van der Waals surface area contributed by atoms with Gasteiger partial charge in [-0.3, -0.25) is 20.4 Å². The molecule has 0 saturated heterocycles. The Hall–Kier alpha value is -2.32. The van der Waals surface area contributed by atoms with Gasteiger partial charge in [-0.1, -0.05) is 18.2 Å². The Morgan fingerprint density at radius 3 is 1.46 bits per heavy atom. The van der Waals surface area contributed by atoms with Crippen LogP contribution in [0.3, 0.4) is 0 Å². The number of nitrogens with zero attached hydrogens (tertiary/aromatic N) is 2. The van der Waals surface area contributed by atoms with E-state index in [4.69, 9.17) is 15.2 Å². The van der Waals surface area contributed by atoms with Crippen molar-refractivity contribution in [2.24, 2.45) is 10.2 Å². The van der Waals surface area contributed by atoms with E-state index in [1.54, 1.807) is 6.07 Å². The van der Waals surface area contributed by atoms with Crippen LogP contribution in [0.1, 0.15) is 27.0 Å². The molecule has 63 heavy (non-hydrogen) atoms. The summed E-state index contributed by atoms with van der Waals surface area (Å²) in [4.78, 5) is 22.5. The molecule has 29 heteroatoms. The Labute approximate surface area is 448 Å². The maximum absolute atomic E-state index is 13.4. The summed E-state index contributed by atoms with van der Waals surface area (Å²) >= 11 is 0. The fourth-order valence-electron chi connectivity index (χ4n) is 5.85. The molecule has 0 radical (unpaired) electrons. The summed E-state index contributed by atoms with van der Waals surface area (Å²) < 4.78 is 152. The molecule has 0 aromatic heterocycles. The predicted molar refractivity (Wildman–Crippen MR) is 204 cm³/mol. The number of nitrogens with one attached hydrogen (secondary N) is 2. The van der Waals surface area contributed by atoms with E-state index in [0.717, 1.165) is 18.2 Å². The van der Waals surface area contributed by atoms with Crippen molar-refractivity contribution >= 4 is 92.7 Å². The number of anilines is 3. The molecule has 6 rings (SSSR count). The van der Waals surface area contributed by atoms with E-state index in [9.17, 15) is 61.5 Å². The van der Waals surface area contributed by atoms with E-state index in [0.29, 0.717) is 35.4 Å². The molecule has 0 atom stereocenters. The van der Waals surface area contributed by atoms with Gasteiger partial charge >= 0.3 is 118 Å². The van der Waals surface area contributed by atoms with Gasteiger partial charge in [0.25, 0.3) is 0 Å². The monoisotopic (exact) mass is 977 g/mol. The zero-order valence-electron chi connectivity index (χ0n) is 33.6.